The Morgan fingerprint density at radius 2 is 2.10 bits per heavy atom. The van der Waals surface area contributed by atoms with Crippen LogP contribution in [-0.4, -0.2) is 39.2 Å². The van der Waals surface area contributed by atoms with Crippen LogP contribution in [0.3, 0.4) is 0 Å². The van der Waals surface area contributed by atoms with Gasteiger partial charge < -0.3 is 5.32 Å². The molecular weight excluding hydrogens is 406 g/mol. The van der Waals surface area contributed by atoms with Gasteiger partial charge in [-0.2, -0.15) is 15.5 Å². The summed E-state index contributed by atoms with van der Waals surface area (Å²) in [7, 11) is 0. The summed E-state index contributed by atoms with van der Waals surface area (Å²) in [5.41, 5.74) is 4.52. The van der Waals surface area contributed by atoms with E-state index in [4.69, 9.17) is 0 Å². The molecular formula is C23H21N7S. The predicted molar refractivity (Wildman–Crippen MR) is 121 cm³/mol. The number of nitrogens with one attached hydrogen (secondary N) is 1. The first-order chi connectivity index (χ1) is 15.3. The molecule has 1 N–H and O–H groups in total. The highest BCUT2D eigenvalue weighted by molar-refractivity contribution is 7.99. The minimum Gasteiger partial charge on any atom is -0.315 e. The summed E-state index contributed by atoms with van der Waals surface area (Å²) in [4.78, 5) is 6.11. The lowest BCUT2D eigenvalue weighted by Crippen LogP contribution is -2.13. The lowest BCUT2D eigenvalue weighted by molar-refractivity contribution is 0.491. The molecule has 1 atom stereocenters. The second-order valence-corrected chi connectivity index (χ2v) is 8.59. The van der Waals surface area contributed by atoms with Gasteiger partial charge >= 0.3 is 0 Å². The molecule has 7 nitrogen and oxygen atoms in total. The number of nitriles is 1. The number of fused-ring (bicyclic) bond motifs is 1. The van der Waals surface area contributed by atoms with Crippen LogP contribution in [0.5, 0.6) is 0 Å². The van der Waals surface area contributed by atoms with Gasteiger partial charge in [0.15, 0.2) is 0 Å². The second-order valence-electron chi connectivity index (χ2n) is 7.50. The Morgan fingerprint density at radius 1 is 1.19 bits per heavy atom. The normalized spacial score (nSPS) is 15.9. The number of nitrogens with zero attached hydrogens (tertiary/aromatic N) is 6. The van der Waals surface area contributed by atoms with E-state index in [9.17, 15) is 5.26 Å². The molecule has 3 aromatic heterocycles. The maximum atomic E-state index is 9.61. The molecule has 1 aromatic carbocycles. The minimum absolute atomic E-state index is 0.388. The Bertz CT molecular complexity index is 1290. The summed E-state index contributed by atoms with van der Waals surface area (Å²) >= 11 is 1.62. The number of pyridine rings is 1. The smallest absolute Gasteiger partial charge is 0.103 e. The molecule has 0 radical (unpaired) electrons. The molecule has 31 heavy (non-hydrogen) atoms. The molecule has 1 fully saturated rings. The molecule has 4 aromatic rings. The standard InChI is InChI=1S/C23H21N7S/c1-25-10-16-4-2-3-5-21(16)31-22-8-17(14-30-23(22)18(9-24)11-28-30)19-12-27-29(15-19)20-6-7-26-13-20/h2-5,8,11-12,14-15,20,26H,1,6-7,10,13H2. The summed E-state index contributed by atoms with van der Waals surface area (Å²) in [5.74, 6) is 0. The minimum atomic E-state index is 0.388. The topological polar surface area (TPSA) is 83.3 Å². The average molecular weight is 428 g/mol. The number of aromatic nitrogens is 4. The van der Waals surface area contributed by atoms with Crippen molar-refractivity contribution in [2.45, 2.75) is 28.8 Å². The van der Waals surface area contributed by atoms with Crippen LogP contribution in [0.2, 0.25) is 0 Å². The van der Waals surface area contributed by atoms with Gasteiger partial charge in [0, 0.05) is 39.9 Å². The Kier molecular flexibility index (Phi) is 5.28. The molecule has 0 aliphatic carbocycles. The van der Waals surface area contributed by atoms with Crippen LogP contribution in [0.25, 0.3) is 16.6 Å². The van der Waals surface area contributed by atoms with Crippen molar-refractivity contribution in [3.05, 3.63) is 66.2 Å². The third-order valence-corrected chi connectivity index (χ3v) is 6.66. The third-order valence-electron chi connectivity index (χ3n) is 5.52. The molecule has 1 aliphatic rings. The molecule has 0 bridgehead atoms. The Morgan fingerprint density at radius 3 is 2.90 bits per heavy atom. The molecule has 0 amide bonds. The van der Waals surface area contributed by atoms with Crippen molar-refractivity contribution in [1.82, 2.24) is 24.7 Å². The van der Waals surface area contributed by atoms with E-state index in [1.165, 1.54) is 0 Å². The number of hydrogen-bond donors (Lipinski definition) is 1. The van der Waals surface area contributed by atoms with Crippen molar-refractivity contribution < 1.29 is 0 Å². The molecule has 154 valence electrons. The van der Waals surface area contributed by atoms with Crippen LogP contribution < -0.4 is 5.32 Å². The van der Waals surface area contributed by atoms with E-state index >= 15 is 0 Å². The Labute approximate surface area is 184 Å². The molecule has 8 heteroatoms. The first-order valence-corrected chi connectivity index (χ1v) is 10.9. The summed E-state index contributed by atoms with van der Waals surface area (Å²) < 4.78 is 3.83. The molecule has 5 rings (SSSR count). The van der Waals surface area contributed by atoms with E-state index in [0.29, 0.717) is 18.2 Å². The van der Waals surface area contributed by atoms with Crippen molar-refractivity contribution in [3.8, 4) is 17.2 Å². The van der Waals surface area contributed by atoms with E-state index in [1.54, 1.807) is 22.5 Å². The van der Waals surface area contributed by atoms with Crippen molar-refractivity contribution in [1.29, 1.82) is 5.26 Å². The van der Waals surface area contributed by atoms with Gasteiger partial charge in [0.05, 0.1) is 36.1 Å². The molecule has 0 saturated carbocycles. The van der Waals surface area contributed by atoms with Gasteiger partial charge in [-0.3, -0.25) is 9.67 Å². The highest BCUT2D eigenvalue weighted by Gasteiger charge is 2.19. The lowest BCUT2D eigenvalue weighted by atomic mass is 10.1. The van der Waals surface area contributed by atoms with Crippen molar-refractivity contribution in [3.63, 3.8) is 0 Å². The number of aliphatic imine (C=N–C) groups is 1. The monoisotopic (exact) mass is 427 g/mol. The van der Waals surface area contributed by atoms with E-state index in [-0.39, 0.29) is 0 Å². The van der Waals surface area contributed by atoms with Crippen LogP contribution in [-0.2, 0) is 6.54 Å². The maximum Gasteiger partial charge on any atom is 0.103 e. The Hall–Kier alpha value is -3.41. The van der Waals surface area contributed by atoms with Gasteiger partial charge in [-0.1, -0.05) is 30.0 Å². The first-order valence-electron chi connectivity index (χ1n) is 10.1. The van der Waals surface area contributed by atoms with Crippen molar-refractivity contribution >= 4 is 24.0 Å². The van der Waals surface area contributed by atoms with E-state index in [1.807, 2.05) is 29.2 Å². The zero-order valence-corrected chi connectivity index (χ0v) is 17.7. The van der Waals surface area contributed by atoms with Crippen LogP contribution in [0.1, 0.15) is 23.6 Å². The summed E-state index contributed by atoms with van der Waals surface area (Å²) in [5, 5.41) is 22.0. The summed E-state index contributed by atoms with van der Waals surface area (Å²) in [6, 6.07) is 12.9. The van der Waals surface area contributed by atoms with Gasteiger partial charge in [0.1, 0.15) is 6.07 Å². The molecule has 1 aliphatic heterocycles. The molecule has 4 heterocycles. The number of rotatable bonds is 6. The van der Waals surface area contributed by atoms with Gasteiger partial charge in [-0.15, -0.1) is 0 Å². The van der Waals surface area contributed by atoms with Crippen molar-refractivity contribution in [2.75, 3.05) is 13.1 Å². The van der Waals surface area contributed by atoms with E-state index < -0.39 is 0 Å². The molecule has 1 unspecified atom stereocenters. The fraction of sp³-hybridized carbons (Fsp3) is 0.217. The summed E-state index contributed by atoms with van der Waals surface area (Å²) in [6.45, 7) is 6.15. The zero-order chi connectivity index (χ0) is 21.2. The number of hydrogen-bond acceptors (Lipinski definition) is 6. The highest BCUT2D eigenvalue weighted by atomic mass is 32.2. The van der Waals surface area contributed by atoms with Crippen LogP contribution in [0, 0.1) is 11.3 Å². The third kappa shape index (κ3) is 3.74. The zero-order valence-electron chi connectivity index (χ0n) is 16.9. The van der Waals surface area contributed by atoms with Gasteiger partial charge in [0.2, 0.25) is 0 Å². The lowest BCUT2D eigenvalue weighted by Gasteiger charge is -2.11. The number of benzene rings is 1. The van der Waals surface area contributed by atoms with Crippen LogP contribution in [0.15, 0.2) is 69.9 Å². The maximum absolute atomic E-state index is 9.61. The fourth-order valence-electron chi connectivity index (χ4n) is 3.93. The van der Waals surface area contributed by atoms with E-state index in [2.05, 4.69) is 57.7 Å². The largest absolute Gasteiger partial charge is 0.315 e. The van der Waals surface area contributed by atoms with Gasteiger partial charge in [-0.05, 0) is 37.4 Å². The predicted octanol–water partition coefficient (Wildman–Crippen LogP) is 3.96. The summed E-state index contributed by atoms with van der Waals surface area (Å²) in [6.07, 6.45) is 8.66. The fourth-order valence-corrected chi connectivity index (χ4v) is 5.06. The van der Waals surface area contributed by atoms with Crippen LogP contribution >= 0.6 is 11.8 Å². The van der Waals surface area contributed by atoms with Crippen molar-refractivity contribution in [2.24, 2.45) is 4.99 Å². The Balaban J connectivity index is 1.59. The average Bonchev–Trinajstić information content (AvgIpc) is 3.54. The quantitative estimate of drug-likeness (QED) is 0.471. The SMILES string of the molecule is C=NCc1ccccc1Sc1cc(-c2cnn(C3CCNC3)c2)cn2ncc(C#N)c12. The first kappa shape index (κ1) is 19.5. The van der Waals surface area contributed by atoms with Crippen LogP contribution in [0.4, 0.5) is 0 Å². The second kappa shape index (κ2) is 8.38. The molecule has 1 saturated heterocycles. The highest BCUT2D eigenvalue weighted by Crippen LogP contribution is 2.37. The van der Waals surface area contributed by atoms with Gasteiger partial charge in [-0.25, -0.2) is 4.52 Å². The van der Waals surface area contributed by atoms with E-state index in [0.717, 1.165) is 51.5 Å². The molecule has 0 spiro atoms. The van der Waals surface area contributed by atoms with Gasteiger partial charge in [0.25, 0.3) is 0 Å².